The summed E-state index contributed by atoms with van der Waals surface area (Å²) in [6.07, 6.45) is 4.81. The van der Waals surface area contributed by atoms with E-state index in [2.05, 4.69) is 17.0 Å². The molecule has 0 bridgehead atoms. The minimum atomic E-state index is -0.483. The molecule has 2 heterocycles. The molecule has 1 aromatic heterocycles. The number of rotatable bonds is 11. The molecular formula is C30H37N5O3. The number of aromatic nitrogens is 2. The number of carbonyl (C=O) groups excluding carboxylic acids is 2. The maximum atomic E-state index is 12.8. The van der Waals surface area contributed by atoms with Gasteiger partial charge in [-0.25, -0.2) is 9.97 Å². The second kappa shape index (κ2) is 12.8. The number of nitrogens with two attached hydrogens (primary N) is 1. The highest BCUT2D eigenvalue weighted by molar-refractivity contribution is 5.94. The van der Waals surface area contributed by atoms with Gasteiger partial charge in [-0.1, -0.05) is 42.5 Å². The van der Waals surface area contributed by atoms with Crippen molar-refractivity contribution in [2.45, 2.75) is 38.7 Å². The van der Waals surface area contributed by atoms with Crippen LogP contribution in [0.4, 0.5) is 0 Å². The molecule has 2 N–H and O–H groups in total. The van der Waals surface area contributed by atoms with Crippen LogP contribution in [0.15, 0.2) is 67.0 Å². The lowest BCUT2D eigenvalue weighted by molar-refractivity contribution is 0.0767. The summed E-state index contributed by atoms with van der Waals surface area (Å²) in [5.41, 5.74) is 8.20. The van der Waals surface area contributed by atoms with Crippen molar-refractivity contribution in [3.8, 4) is 0 Å². The van der Waals surface area contributed by atoms with Crippen LogP contribution in [-0.4, -0.2) is 70.9 Å². The summed E-state index contributed by atoms with van der Waals surface area (Å²) in [6.45, 7) is 8.93. The van der Waals surface area contributed by atoms with Gasteiger partial charge in [0.25, 0.3) is 5.91 Å². The predicted octanol–water partition coefficient (Wildman–Crippen LogP) is 3.66. The summed E-state index contributed by atoms with van der Waals surface area (Å²) in [5.74, 6) is 0.128. The topological polar surface area (TPSA) is 102 Å². The standard InChI is InChI=1S/C30H37N5O3/c1-3-35(4-2)28(37)25-20-32-29(33-21-25)30(26-12-8-11-24(19-26)27(31)36)13-15-34(16-14-30)17-18-38-22-23-9-6-5-7-10-23/h5-12,19-21H,3-4,13-18,22H2,1-2H3,(H2,31,36). The average molecular weight is 516 g/mol. The van der Waals surface area contributed by atoms with Gasteiger partial charge in [0.05, 0.1) is 24.2 Å². The molecule has 38 heavy (non-hydrogen) atoms. The van der Waals surface area contributed by atoms with Crippen LogP contribution in [0.1, 0.15) is 64.4 Å². The maximum absolute atomic E-state index is 12.8. The molecule has 2 amide bonds. The molecule has 1 aliphatic heterocycles. The maximum Gasteiger partial charge on any atom is 0.256 e. The summed E-state index contributed by atoms with van der Waals surface area (Å²) < 4.78 is 5.91. The molecule has 0 aliphatic carbocycles. The zero-order valence-corrected chi connectivity index (χ0v) is 22.3. The third-order valence-electron chi connectivity index (χ3n) is 7.45. The van der Waals surface area contributed by atoms with Crippen LogP contribution < -0.4 is 5.73 Å². The van der Waals surface area contributed by atoms with Crippen molar-refractivity contribution in [1.29, 1.82) is 0 Å². The number of nitrogens with zero attached hydrogens (tertiary/aromatic N) is 4. The Hall–Kier alpha value is -3.62. The van der Waals surface area contributed by atoms with Gasteiger partial charge in [0.1, 0.15) is 5.82 Å². The van der Waals surface area contributed by atoms with Crippen molar-refractivity contribution in [3.05, 3.63) is 95.1 Å². The van der Waals surface area contributed by atoms with E-state index in [1.807, 2.05) is 50.2 Å². The number of carbonyl (C=O) groups is 2. The van der Waals surface area contributed by atoms with Crippen LogP contribution in [0, 0.1) is 0 Å². The molecule has 1 saturated heterocycles. The Labute approximate surface area is 224 Å². The number of hydrogen-bond acceptors (Lipinski definition) is 6. The Morgan fingerprint density at radius 2 is 1.66 bits per heavy atom. The summed E-state index contributed by atoms with van der Waals surface area (Å²) >= 11 is 0. The summed E-state index contributed by atoms with van der Waals surface area (Å²) in [7, 11) is 0. The van der Waals surface area contributed by atoms with E-state index in [4.69, 9.17) is 20.4 Å². The molecule has 8 nitrogen and oxygen atoms in total. The van der Waals surface area contributed by atoms with Crippen LogP contribution in [0.5, 0.6) is 0 Å². The van der Waals surface area contributed by atoms with Crippen LogP contribution >= 0.6 is 0 Å². The lowest BCUT2D eigenvalue weighted by Gasteiger charge is -2.41. The van der Waals surface area contributed by atoms with Crippen molar-refractivity contribution in [2.24, 2.45) is 5.73 Å². The van der Waals surface area contributed by atoms with E-state index in [1.54, 1.807) is 23.4 Å². The quantitative estimate of drug-likeness (QED) is 0.391. The van der Waals surface area contributed by atoms with Crippen molar-refractivity contribution in [3.63, 3.8) is 0 Å². The second-order valence-electron chi connectivity index (χ2n) is 9.68. The normalized spacial score (nSPS) is 15.2. The molecule has 200 valence electrons. The Bertz CT molecular complexity index is 1200. The molecule has 1 fully saturated rings. The van der Waals surface area contributed by atoms with Crippen molar-refractivity contribution in [1.82, 2.24) is 19.8 Å². The number of benzene rings is 2. The Balaban J connectivity index is 1.50. The number of primary amides is 1. The van der Waals surface area contributed by atoms with E-state index >= 15 is 0 Å². The molecular weight excluding hydrogens is 478 g/mol. The first-order valence-electron chi connectivity index (χ1n) is 13.3. The highest BCUT2D eigenvalue weighted by Crippen LogP contribution is 2.40. The minimum absolute atomic E-state index is 0.0725. The van der Waals surface area contributed by atoms with E-state index in [0.29, 0.717) is 43.3 Å². The van der Waals surface area contributed by atoms with E-state index in [9.17, 15) is 9.59 Å². The molecule has 0 atom stereocenters. The SMILES string of the molecule is CCN(CC)C(=O)c1cnc(C2(c3cccc(C(N)=O)c3)CCN(CCOCc3ccccc3)CC2)nc1. The van der Waals surface area contributed by atoms with Gasteiger partial charge < -0.3 is 20.3 Å². The third kappa shape index (κ3) is 6.26. The Morgan fingerprint density at radius 3 is 2.29 bits per heavy atom. The first-order chi connectivity index (χ1) is 18.5. The largest absolute Gasteiger partial charge is 0.375 e. The highest BCUT2D eigenvalue weighted by atomic mass is 16.5. The van der Waals surface area contributed by atoms with E-state index < -0.39 is 11.3 Å². The summed E-state index contributed by atoms with van der Waals surface area (Å²) in [5, 5.41) is 0. The van der Waals surface area contributed by atoms with Crippen LogP contribution in [0.2, 0.25) is 0 Å². The zero-order valence-electron chi connectivity index (χ0n) is 22.3. The van der Waals surface area contributed by atoms with Gasteiger partial charge in [-0.3, -0.25) is 9.59 Å². The van der Waals surface area contributed by atoms with Gasteiger partial charge in [0.2, 0.25) is 5.91 Å². The Morgan fingerprint density at radius 1 is 0.974 bits per heavy atom. The first-order valence-corrected chi connectivity index (χ1v) is 13.3. The van der Waals surface area contributed by atoms with Gasteiger partial charge in [0.15, 0.2) is 0 Å². The molecule has 3 aromatic rings. The number of amides is 2. The molecule has 0 radical (unpaired) electrons. The fraction of sp³-hybridized carbons (Fsp3) is 0.400. The van der Waals surface area contributed by atoms with Crippen LogP contribution in [0.3, 0.4) is 0 Å². The van der Waals surface area contributed by atoms with Gasteiger partial charge in [-0.2, -0.15) is 0 Å². The smallest absolute Gasteiger partial charge is 0.256 e. The molecule has 1 aliphatic rings. The number of piperidine rings is 1. The fourth-order valence-corrected chi connectivity index (χ4v) is 5.11. The highest BCUT2D eigenvalue weighted by Gasteiger charge is 2.40. The van der Waals surface area contributed by atoms with E-state index in [0.717, 1.165) is 38.0 Å². The summed E-state index contributed by atoms with van der Waals surface area (Å²) in [6, 6.07) is 17.6. The monoisotopic (exact) mass is 515 g/mol. The molecule has 0 spiro atoms. The third-order valence-corrected chi connectivity index (χ3v) is 7.45. The number of hydrogen-bond donors (Lipinski definition) is 1. The molecule has 2 aromatic carbocycles. The average Bonchev–Trinajstić information content (AvgIpc) is 2.97. The molecule has 0 unspecified atom stereocenters. The van der Waals surface area contributed by atoms with Crippen LogP contribution in [0.25, 0.3) is 0 Å². The minimum Gasteiger partial charge on any atom is -0.375 e. The van der Waals surface area contributed by atoms with Gasteiger partial charge >= 0.3 is 0 Å². The molecule has 8 heteroatoms. The second-order valence-corrected chi connectivity index (χ2v) is 9.68. The lowest BCUT2D eigenvalue weighted by Crippen LogP contribution is -2.45. The van der Waals surface area contributed by atoms with E-state index in [1.165, 1.54) is 5.56 Å². The molecule has 0 saturated carbocycles. The predicted molar refractivity (Wildman–Crippen MR) is 147 cm³/mol. The number of likely N-dealkylation sites (tertiary alicyclic amines) is 1. The number of ether oxygens (including phenoxy) is 1. The molecule has 4 rings (SSSR count). The van der Waals surface area contributed by atoms with E-state index in [-0.39, 0.29) is 5.91 Å². The fourth-order valence-electron chi connectivity index (χ4n) is 5.11. The van der Waals surface area contributed by atoms with Crippen molar-refractivity contribution in [2.75, 3.05) is 39.3 Å². The summed E-state index contributed by atoms with van der Waals surface area (Å²) in [4.78, 5) is 38.3. The van der Waals surface area contributed by atoms with Crippen molar-refractivity contribution >= 4 is 11.8 Å². The zero-order chi connectivity index (χ0) is 27.0. The first kappa shape index (κ1) is 27.4. The van der Waals surface area contributed by atoms with Gasteiger partial charge in [-0.15, -0.1) is 0 Å². The van der Waals surface area contributed by atoms with Gasteiger partial charge in [0, 0.05) is 37.6 Å². The van der Waals surface area contributed by atoms with Gasteiger partial charge in [-0.05, 0) is 63.0 Å². The lowest BCUT2D eigenvalue weighted by atomic mass is 9.71. The van der Waals surface area contributed by atoms with Crippen molar-refractivity contribution < 1.29 is 14.3 Å². The van der Waals surface area contributed by atoms with Crippen LogP contribution in [-0.2, 0) is 16.8 Å². The Kier molecular flexibility index (Phi) is 9.20.